The summed E-state index contributed by atoms with van der Waals surface area (Å²) in [6, 6.07) is 24.0. The van der Waals surface area contributed by atoms with Crippen molar-refractivity contribution >= 4 is 17.6 Å². The highest BCUT2D eigenvalue weighted by Crippen LogP contribution is 2.29. The summed E-state index contributed by atoms with van der Waals surface area (Å²) in [6.07, 6.45) is 0.918. The van der Waals surface area contributed by atoms with Gasteiger partial charge in [-0.3, -0.25) is 4.79 Å². The molecule has 0 fully saturated rings. The lowest BCUT2D eigenvalue weighted by Gasteiger charge is -2.13. The molecule has 0 aromatic heterocycles. The number of methoxy groups -OCH3 is 1. The molecule has 0 amide bonds. The standard InChI is InChI=1S/C23H21ClO3/c1-26-23(25)14-12-17-11-13-22(21(24)15-17)27-16-19-9-5-6-10-20(19)18-7-3-2-4-8-18/h2-11,13,15H,12,14,16H2,1H3. The number of esters is 1. The molecule has 0 unspecified atom stereocenters. The van der Waals surface area contributed by atoms with E-state index in [9.17, 15) is 4.79 Å². The van der Waals surface area contributed by atoms with E-state index in [1.807, 2.05) is 48.5 Å². The number of hydrogen-bond donors (Lipinski definition) is 0. The molecule has 0 spiro atoms. The topological polar surface area (TPSA) is 35.5 Å². The van der Waals surface area contributed by atoms with Gasteiger partial charge in [-0.25, -0.2) is 0 Å². The number of hydrogen-bond acceptors (Lipinski definition) is 3. The number of carbonyl (C=O) groups is 1. The molecule has 0 N–H and O–H groups in total. The van der Waals surface area contributed by atoms with E-state index in [0.29, 0.717) is 30.2 Å². The maximum absolute atomic E-state index is 11.3. The van der Waals surface area contributed by atoms with Gasteiger partial charge in [0.2, 0.25) is 0 Å². The Balaban J connectivity index is 1.70. The number of ether oxygens (including phenoxy) is 2. The van der Waals surface area contributed by atoms with Gasteiger partial charge < -0.3 is 9.47 Å². The maximum Gasteiger partial charge on any atom is 0.305 e. The Bertz CT molecular complexity index is 907. The van der Waals surface area contributed by atoms with Crippen LogP contribution in [0.15, 0.2) is 72.8 Å². The molecule has 0 heterocycles. The second kappa shape index (κ2) is 9.24. The smallest absolute Gasteiger partial charge is 0.305 e. The minimum Gasteiger partial charge on any atom is -0.487 e. The van der Waals surface area contributed by atoms with Crippen LogP contribution in [0.2, 0.25) is 5.02 Å². The van der Waals surface area contributed by atoms with Gasteiger partial charge in [-0.15, -0.1) is 0 Å². The van der Waals surface area contributed by atoms with Crippen LogP contribution in [-0.4, -0.2) is 13.1 Å². The molecule has 0 bridgehead atoms. The Labute approximate surface area is 164 Å². The Morgan fingerprint density at radius 1 is 0.963 bits per heavy atom. The Hall–Kier alpha value is -2.78. The van der Waals surface area contributed by atoms with Crippen LogP contribution in [0.3, 0.4) is 0 Å². The maximum atomic E-state index is 11.3. The summed E-state index contributed by atoms with van der Waals surface area (Å²) in [6.45, 7) is 0.423. The summed E-state index contributed by atoms with van der Waals surface area (Å²) < 4.78 is 10.6. The minimum absolute atomic E-state index is 0.232. The second-order valence-corrected chi connectivity index (χ2v) is 6.56. The molecule has 3 nitrogen and oxygen atoms in total. The third kappa shape index (κ3) is 5.11. The van der Waals surface area contributed by atoms with Crippen molar-refractivity contribution in [3.63, 3.8) is 0 Å². The summed E-state index contributed by atoms with van der Waals surface area (Å²) >= 11 is 6.36. The van der Waals surface area contributed by atoms with Gasteiger partial charge >= 0.3 is 5.97 Å². The van der Waals surface area contributed by atoms with Crippen molar-refractivity contribution in [2.24, 2.45) is 0 Å². The number of benzene rings is 3. The van der Waals surface area contributed by atoms with Crippen molar-refractivity contribution in [3.8, 4) is 16.9 Å². The zero-order valence-electron chi connectivity index (χ0n) is 15.2. The first-order valence-electron chi connectivity index (χ1n) is 8.79. The molecule has 0 saturated heterocycles. The van der Waals surface area contributed by atoms with Crippen LogP contribution in [0.25, 0.3) is 11.1 Å². The summed E-state index contributed by atoms with van der Waals surface area (Å²) in [5.41, 5.74) is 4.36. The van der Waals surface area contributed by atoms with E-state index in [0.717, 1.165) is 22.3 Å². The lowest BCUT2D eigenvalue weighted by atomic mass is 10.0. The zero-order chi connectivity index (χ0) is 19.1. The van der Waals surface area contributed by atoms with Crippen molar-refractivity contribution in [2.45, 2.75) is 19.4 Å². The fourth-order valence-electron chi connectivity index (χ4n) is 2.87. The molecule has 0 saturated carbocycles. The molecule has 3 rings (SSSR count). The first-order chi connectivity index (χ1) is 13.2. The van der Waals surface area contributed by atoms with Crippen molar-refractivity contribution in [1.82, 2.24) is 0 Å². The van der Waals surface area contributed by atoms with E-state index in [4.69, 9.17) is 16.3 Å². The minimum atomic E-state index is -0.232. The molecule has 3 aromatic rings. The van der Waals surface area contributed by atoms with Gasteiger partial charge in [-0.2, -0.15) is 0 Å². The molecule has 0 aliphatic rings. The van der Waals surface area contributed by atoms with E-state index in [1.54, 1.807) is 0 Å². The van der Waals surface area contributed by atoms with Gasteiger partial charge in [-0.1, -0.05) is 72.3 Å². The number of aryl methyl sites for hydroxylation is 1. The summed E-state index contributed by atoms with van der Waals surface area (Å²) in [5.74, 6) is 0.394. The van der Waals surface area contributed by atoms with E-state index in [1.165, 1.54) is 7.11 Å². The molecular weight excluding hydrogens is 360 g/mol. The first-order valence-corrected chi connectivity index (χ1v) is 9.16. The lowest BCUT2D eigenvalue weighted by Crippen LogP contribution is -2.02. The average molecular weight is 381 g/mol. The van der Waals surface area contributed by atoms with Gasteiger partial charge in [0.25, 0.3) is 0 Å². The largest absolute Gasteiger partial charge is 0.487 e. The van der Waals surface area contributed by atoms with Crippen molar-refractivity contribution in [2.75, 3.05) is 7.11 Å². The van der Waals surface area contributed by atoms with Crippen molar-refractivity contribution in [3.05, 3.63) is 88.9 Å². The quantitative estimate of drug-likeness (QED) is 0.494. The molecule has 4 heteroatoms. The van der Waals surface area contributed by atoms with Crippen LogP contribution in [0, 0.1) is 0 Å². The molecule has 0 atom stereocenters. The molecular formula is C23H21ClO3. The van der Waals surface area contributed by atoms with Crippen molar-refractivity contribution in [1.29, 1.82) is 0 Å². The fraction of sp³-hybridized carbons (Fsp3) is 0.174. The SMILES string of the molecule is COC(=O)CCc1ccc(OCc2ccccc2-c2ccccc2)c(Cl)c1. The fourth-order valence-corrected chi connectivity index (χ4v) is 3.12. The highest BCUT2D eigenvalue weighted by Gasteiger charge is 2.09. The Morgan fingerprint density at radius 2 is 1.70 bits per heavy atom. The lowest BCUT2D eigenvalue weighted by molar-refractivity contribution is -0.140. The van der Waals surface area contributed by atoms with Gasteiger partial charge in [-0.05, 0) is 40.8 Å². The van der Waals surface area contributed by atoms with Crippen LogP contribution >= 0.6 is 11.6 Å². The molecule has 3 aromatic carbocycles. The van der Waals surface area contributed by atoms with Crippen LogP contribution in [0.5, 0.6) is 5.75 Å². The summed E-state index contributed by atoms with van der Waals surface area (Å²) in [7, 11) is 1.39. The van der Waals surface area contributed by atoms with Gasteiger partial charge in [0.05, 0.1) is 12.1 Å². The summed E-state index contributed by atoms with van der Waals surface area (Å²) in [4.78, 5) is 11.3. The normalized spacial score (nSPS) is 10.4. The summed E-state index contributed by atoms with van der Waals surface area (Å²) in [5, 5.41) is 0.537. The highest BCUT2D eigenvalue weighted by atomic mass is 35.5. The van der Waals surface area contributed by atoms with Crippen LogP contribution in [0.1, 0.15) is 17.5 Å². The van der Waals surface area contributed by atoms with Gasteiger partial charge in [0, 0.05) is 6.42 Å². The predicted molar refractivity (Wildman–Crippen MR) is 108 cm³/mol. The van der Waals surface area contributed by atoms with Gasteiger partial charge in [0.15, 0.2) is 0 Å². The van der Waals surface area contributed by atoms with Crippen LogP contribution in [0.4, 0.5) is 0 Å². The van der Waals surface area contributed by atoms with E-state index in [2.05, 4.69) is 29.0 Å². The molecule has 0 aliphatic heterocycles. The Kier molecular flexibility index (Phi) is 6.50. The second-order valence-electron chi connectivity index (χ2n) is 6.15. The third-order valence-electron chi connectivity index (χ3n) is 4.33. The van der Waals surface area contributed by atoms with Crippen LogP contribution < -0.4 is 4.74 Å². The van der Waals surface area contributed by atoms with E-state index >= 15 is 0 Å². The highest BCUT2D eigenvalue weighted by molar-refractivity contribution is 6.32. The predicted octanol–water partition coefficient (Wildman–Crippen LogP) is 5.69. The number of rotatable bonds is 7. The van der Waals surface area contributed by atoms with Gasteiger partial charge in [0.1, 0.15) is 12.4 Å². The number of halogens is 1. The average Bonchev–Trinajstić information content (AvgIpc) is 2.72. The molecule has 0 radical (unpaired) electrons. The Morgan fingerprint density at radius 3 is 2.44 bits per heavy atom. The van der Waals surface area contributed by atoms with Crippen LogP contribution in [-0.2, 0) is 22.6 Å². The molecule has 0 aliphatic carbocycles. The zero-order valence-corrected chi connectivity index (χ0v) is 15.9. The third-order valence-corrected chi connectivity index (χ3v) is 4.62. The number of carbonyl (C=O) groups excluding carboxylic acids is 1. The van der Waals surface area contributed by atoms with E-state index in [-0.39, 0.29) is 5.97 Å². The molecule has 138 valence electrons. The van der Waals surface area contributed by atoms with E-state index < -0.39 is 0 Å². The molecule has 27 heavy (non-hydrogen) atoms. The monoisotopic (exact) mass is 380 g/mol. The van der Waals surface area contributed by atoms with Crippen molar-refractivity contribution < 1.29 is 14.3 Å². The first kappa shape index (κ1) is 19.0.